The molecule has 0 saturated heterocycles. The van der Waals surface area contributed by atoms with E-state index in [0.29, 0.717) is 16.3 Å². The van der Waals surface area contributed by atoms with Crippen LogP contribution in [-0.2, 0) is 4.79 Å². The van der Waals surface area contributed by atoms with E-state index in [9.17, 15) is 9.59 Å². The predicted molar refractivity (Wildman–Crippen MR) is 107 cm³/mol. The topological polar surface area (TPSA) is 71.3 Å². The van der Waals surface area contributed by atoms with Crippen molar-refractivity contribution in [3.8, 4) is 0 Å². The van der Waals surface area contributed by atoms with Gasteiger partial charge < -0.3 is 9.73 Å². The molecule has 0 spiro atoms. The summed E-state index contributed by atoms with van der Waals surface area (Å²) in [5.74, 6) is -0.357. The molecule has 0 unspecified atom stereocenters. The van der Waals surface area contributed by atoms with Crippen LogP contribution in [0, 0.1) is 0 Å². The number of carbonyl (C=O) groups is 1. The fourth-order valence-electron chi connectivity index (χ4n) is 2.21. The lowest BCUT2D eigenvalue weighted by atomic mass is 10.2. The molecule has 0 aliphatic carbocycles. The van der Waals surface area contributed by atoms with Gasteiger partial charge in [-0.05, 0) is 60.3 Å². The molecule has 0 saturated carbocycles. The zero-order valence-electron chi connectivity index (χ0n) is 13.4. The van der Waals surface area contributed by atoms with Gasteiger partial charge in [0.05, 0.1) is 0 Å². The second kappa shape index (κ2) is 7.95. The quantitative estimate of drug-likeness (QED) is 0.406. The minimum absolute atomic E-state index is 0.160. The van der Waals surface area contributed by atoms with Crippen LogP contribution in [-0.4, -0.2) is 11.0 Å². The number of thiocarbonyl (C=S) groups is 1. The van der Waals surface area contributed by atoms with Crippen molar-refractivity contribution in [2.24, 2.45) is 0 Å². The number of amides is 1. The average Bonchev–Trinajstić information content (AvgIpc) is 2.61. The molecule has 3 aromatic rings. The van der Waals surface area contributed by atoms with Gasteiger partial charge in [-0.2, -0.15) is 0 Å². The minimum Gasteiger partial charge on any atom is -0.423 e. The smallest absolute Gasteiger partial charge is 0.336 e. The molecule has 7 heteroatoms. The zero-order chi connectivity index (χ0) is 18.5. The molecule has 3 rings (SSSR count). The van der Waals surface area contributed by atoms with Crippen LogP contribution in [0.4, 0.5) is 5.69 Å². The third-order valence-electron chi connectivity index (χ3n) is 3.41. The molecule has 2 N–H and O–H groups in total. The fraction of sp³-hybridized carbons (Fsp3) is 0. The highest BCUT2D eigenvalue weighted by Gasteiger charge is 2.04. The van der Waals surface area contributed by atoms with Crippen molar-refractivity contribution in [3.63, 3.8) is 0 Å². The Morgan fingerprint density at radius 2 is 1.85 bits per heavy atom. The highest BCUT2D eigenvalue weighted by atomic mass is 35.5. The van der Waals surface area contributed by atoms with E-state index >= 15 is 0 Å². The van der Waals surface area contributed by atoms with Crippen molar-refractivity contribution in [2.75, 3.05) is 5.32 Å². The molecule has 5 nitrogen and oxygen atoms in total. The summed E-state index contributed by atoms with van der Waals surface area (Å²) < 4.78 is 5.06. The number of benzene rings is 2. The van der Waals surface area contributed by atoms with E-state index in [-0.39, 0.29) is 11.0 Å². The second-order valence-electron chi connectivity index (χ2n) is 5.34. The van der Waals surface area contributed by atoms with Gasteiger partial charge in [-0.15, -0.1) is 0 Å². The molecule has 2 aromatic carbocycles. The molecule has 0 aliphatic heterocycles. The molecule has 1 heterocycles. The first kappa shape index (κ1) is 17.8. The summed E-state index contributed by atoms with van der Waals surface area (Å²) in [5.41, 5.74) is 1.58. The molecular weight excluding hydrogens is 372 g/mol. The second-order valence-corrected chi connectivity index (χ2v) is 6.18. The normalized spacial score (nSPS) is 10.8. The maximum atomic E-state index is 11.9. The Morgan fingerprint density at radius 3 is 2.62 bits per heavy atom. The SMILES string of the molecule is O=C(/C=C/c1ccc(Cl)cc1)NC(=S)Nc1ccc2oc(=O)ccc2c1. The summed E-state index contributed by atoms with van der Waals surface area (Å²) >= 11 is 11.0. The van der Waals surface area contributed by atoms with Gasteiger partial charge in [0.25, 0.3) is 0 Å². The Morgan fingerprint density at radius 1 is 1.08 bits per heavy atom. The van der Waals surface area contributed by atoms with Gasteiger partial charge in [-0.1, -0.05) is 23.7 Å². The lowest BCUT2D eigenvalue weighted by molar-refractivity contribution is -0.115. The molecule has 26 heavy (non-hydrogen) atoms. The molecule has 0 aliphatic rings. The maximum Gasteiger partial charge on any atom is 0.336 e. The largest absolute Gasteiger partial charge is 0.423 e. The summed E-state index contributed by atoms with van der Waals surface area (Å²) in [5, 5.41) is 7.01. The van der Waals surface area contributed by atoms with Crippen LogP contribution in [0.15, 0.2) is 69.9 Å². The third-order valence-corrected chi connectivity index (χ3v) is 3.87. The van der Waals surface area contributed by atoms with Gasteiger partial charge in [0, 0.05) is 28.2 Å². The number of nitrogens with one attached hydrogen (secondary N) is 2. The van der Waals surface area contributed by atoms with E-state index in [1.165, 1.54) is 12.1 Å². The maximum absolute atomic E-state index is 11.9. The molecule has 1 aromatic heterocycles. The van der Waals surface area contributed by atoms with Crippen molar-refractivity contribution in [2.45, 2.75) is 0 Å². The number of rotatable bonds is 3. The number of fused-ring (bicyclic) bond motifs is 1. The van der Waals surface area contributed by atoms with Gasteiger partial charge in [0.15, 0.2) is 5.11 Å². The Labute approximate surface area is 159 Å². The summed E-state index contributed by atoms with van der Waals surface area (Å²) in [7, 11) is 0. The first-order valence-electron chi connectivity index (χ1n) is 7.59. The molecule has 0 radical (unpaired) electrons. The van der Waals surface area contributed by atoms with Gasteiger partial charge in [-0.25, -0.2) is 4.79 Å². The van der Waals surface area contributed by atoms with Gasteiger partial charge in [0.1, 0.15) is 5.58 Å². The lowest BCUT2D eigenvalue weighted by Gasteiger charge is -2.08. The van der Waals surface area contributed by atoms with E-state index < -0.39 is 5.63 Å². The summed E-state index contributed by atoms with van der Waals surface area (Å²) in [4.78, 5) is 23.1. The van der Waals surface area contributed by atoms with Crippen LogP contribution in [0.1, 0.15) is 5.56 Å². The fourth-order valence-corrected chi connectivity index (χ4v) is 2.56. The number of hydrogen-bond donors (Lipinski definition) is 2. The summed E-state index contributed by atoms with van der Waals surface area (Å²) in [6.45, 7) is 0. The zero-order valence-corrected chi connectivity index (χ0v) is 14.9. The molecule has 0 bridgehead atoms. The number of hydrogen-bond acceptors (Lipinski definition) is 4. The Hall–Kier alpha value is -2.96. The van der Waals surface area contributed by atoms with E-state index in [2.05, 4.69) is 10.6 Å². The van der Waals surface area contributed by atoms with E-state index in [1.54, 1.807) is 54.6 Å². The predicted octanol–water partition coefficient (Wildman–Crippen LogP) is 3.97. The van der Waals surface area contributed by atoms with Crippen LogP contribution < -0.4 is 16.3 Å². The van der Waals surface area contributed by atoms with Crippen LogP contribution >= 0.6 is 23.8 Å². The average molecular weight is 385 g/mol. The van der Waals surface area contributed by atoms with Crippen molar-refractivity contribution >= 4 is 57.6 Å². The molecule has 0 fully saturated rings. The first-order chi connectivity index (χ1) is 12.5. The summed E-state index contributed by atoms with van der Waals surface area (Å²) in [6, 6.07) is 15.2. The standard InChI is InChI=1S/C19H13ClN2O3S/c20-14-5-1-12(2-6-14)3-9-17(23)22-19(26)21-15-7-8-16-13(11-15)4-10-18(24)25-16/h1-11H,(H2,21,22,23,26)/b9-3+. The number of halogens is 1. The number of anilines is 1. The molecule has 130 valence electrons. The Kier molecular flexibility index (Phi) is 5.46. The molecular formula is C19H13ClN2O3S. The minimum atomic E-state index is -0.409. The Bertz CT molecular complexity index is 1060. The van der Waals surface area contributed by atoms with Crippen molar-refractivity contribution in [1.82, 2.24) is 5.32 Å². The van der Waals surface area contributed by atoms with Gasteiger partial charge in [0.2, 0.25) is 5.91 Å². The van der Waals surface area contributed by atoms with Crippen molar-refractivity contribution < 1.29 is 9.21 Å². The van der Waals surface area contributed by atoms with E-state index in [0.717, 1.165) is 10.9 Å². The Balaban J connectivity index is 1.61. The highest BCUT2D eigenvalue weighted by Crippen LogP contribution is 2.17. The van der Waals surface area contributed by atoms with Crippen LogP contribution in [0.25, 0.3) is 17.0 Å². The van der Waals surface area contributed by atoms with Crippen LogP contribution in [0.5, 0.6) is 0 Å². The van der Waals surface area contributed by atoms with Crippen LogP contribution in [0.3, 0.4) is 0 Å². The van der Waals surface area contributed by atoms with E-state index in [4.69, 9.17) is 28.2 Å². The van der Waals surface area contributed by atoms with Gasteiger partial charge >= 0.3 is 5.63 Å². The number of carbonyl (C=O) groups excluding carboxylic acids is 1. The molecule has 1 amide bonds. The lowest BCUT2D eigenvalue weighted by Crippen LogP contribution is -2.32. The van der Waals surface area contributed by atoms with Gasteiger partial charge in [-0.3, -0.25) is 10.1 Å². The summed E-state index contributed by atoms with van der Waals surface area (Å²) in [6.07, 6.45) is 3.04. The van der Waals surface area contributed by atoms with E-state index in [1.807, 2.05) is 0 Å². The van der Waals surface area contributed by atoms with Crippen molar-refractivity contribution in [1.29, 1.82) is 0 Å². The molecule has 0 atom stereocenters. The monoisotopic (exact) mass is 384 g/mol. The third kappa shape index (κ3) is 4.78. The van der Waals surface area contributed by atoms with Crippen LogP contribution in [0.2, 0.25) is 5.02 Å². The highest BCUT2D eigenvalue weighted by molar-refractivity contribution is 7.80. The first-order valence-corrected chi connectivity index (χ1v) is 8.38. The van der Waals surface area contributed by atoms with Crippen molar-refractivity contribution in [3.05, 3.63) is 81.7 Å².